The van der Waals surface area contributed by atoms with Gasteiger partial charge >= 0.3 is 12.3 Å². The smallest absolute Gasteiger partial charge is 0.455 e. The van der Waals surface area contributed by atoms with Gasteiger partial charge in [0.2, 0.25) is 5.91 Å². The van der Waals surface area contributed by atoms with E-state index in [0.29, 0.717) is 0 Å². The Morgan fingerprint density at radius 3 is 2.38 bits per heavy atom. The topological polar surface area (TPSA) is 93.7 Å². The molecule has 29 heavy (non-hydrogen) atoms. The second-order valence-electron chi connectivity index (χ2n) is 5.75. The van der Waals surface area contributed by atoms with Gasteiger partial charge in [-0.05, 0) is 35.7 Å². The molecular formula is C18H17F3N2O5S. The molecule has 1 heterocycles. The normalized spacial score (nSPS) is 12.0. The van der Waals surface area contributed by atoms with Crippen LogP contribution in [-0.4, -0.2) is 30.8 Å². The van der Waals surface area contributed by atoms with Gasteiger partial charge in [-0.2, -0.15) is 0 Å². The van der Waals surface area contributed by atoms with Crippen LogP contribution < -0.4 is 15.4 Å². The molecule has 0 saturated carbocycles. The number of ether oxygens (including phenoxy) is 2. The lowest BCUT2D eigenvalue weighted by molar-refractivity contribution is -0.274. The van der Waals surface area contributed by atoms with Crippen LogP contribution in [0.3, 0.4) is 0 Å². The molecule has 7 nitrogen and oxygen atoms in total. The van der Waals surface area contributed by atoms with Crippen LogP contribution in [0.25, 0.3) is 0 Å². The number of rotatable bonds is 8. The maximum absolute atomic E-state index is 12.1. The van der Waals surface area contributed by atoms with Crippen LogP contribution in [0.2, 0.25) is 0 Å². The number of carbonyl (C=O) groups is 3. The molecule has 2 amide bonds. The number of thiophene rings is 1. The fraction of sp³-hybridized carbons (Fsp3) is 0.278. The predicted molar refractivity (Wildman–Crippen MR) is 98.2 cm³/mol. The van der Waals surface area contributed by atoms with E-state index in [1.54, 1.807) is 17.5 Å². The Bertz CT molecular complexity index is 838. The number of benzene rings is 1. The third kappa shape index (κ3) is 8.21. The summed E-state index contributed by atoms with van der Waals surface area (Å²) in [6.45, 7) is 0.737. The van der Waals surface area contributed by atoms with Crippen molar-refractivity contribution in [2.24, 2.45) is 0 Å². The lowest BCUT2D eigenvalue weighted by atomic mass is 10.1. The van der Waals surface area contributed by atoms with Crippen molar-refractivity contribution in [3.8, 4) is 5.75 Å². The maximum atomic E-state index is 12.1. The zero-order chi connectivity index (χ0) is 21.4. The summed E-state index contributed by atoms with van der Waals surface area (Å²) in [7, 11) is 0. The number of amides is 2. The molecule has 1 atom stereocenters. The van der Waals surface area contributed by atoms with Gasteiger partial charge in [0.15, 0.2) is 6.61 Å². The fourth-order valence-electron chi connectivity index (χ4n) is 2.27. The van der Waals surface area contributed by atoms with E-state index in [9.17, 15) is 27.6 Å². The summed E-state index contributed by atoms with van der Waals surface area (Å²) in [5.41, 5.74) is 0.204. The number of alkyl halides is 3. The summed E-state index contributed by atoms with van der Waals surface area (Å²) in [5.74, 6) is -2.11. The largest absolute Gasteiger partial charge is 0.573 e. The van der Waals surface area contributed by atoms with Crippen molar-refractivity contribution in [1.82, 2.24) is 5.32 Å². The Balaban J connectivity index is 1.82. The lowest BCUT2D eigenvalue weighted by Crippen LogP contribution is -2.29. The molecule has 0 radical (unpaired) electrons. The summed E-state index contributed by atoms with van der Waals surface area (Å²) < 4.78 is 45.0. The Kier molecular flexibility index (Phi) is 7.59. The summed E-state index contributed by atoms with van der Waals surface area (Å²) in [6, 6.07) is 7.47. The molecule has 2 N–H and O–H groups in total. The third-order valence-corrected chi connectivity index (χ3v) is 4.36. The molecule has 2 aromatic rings. The van der Waals surface area contributed by atoms with E-state index in [1.807, 2.05) is 0 Å². The van der Waals surface area contributed by atoms with Crippen molar-refractivity contribution in [2.45, 2.75) is 25.7 Å². The number of nitrogens with one attached hydrogen (secondary N) is 2. The standard InChI is InChI=1S/C18H17F3N2O5S/c1-11(24)22-14(15-3-2-8-29-15)9-17(26)27-10-16(25)23-12-4-6-13(7-5-12)28-18(19,20)21/h2-8,14H,9-10H2,1H3,(H,22,24)(H,23,25). The summed E-state index contributed by atoms with van der Waals surface area (Å²) in [4.78, 5) is 35.9. The van der Waals surface area contributed by atoms with E-state index >= 15 is 0 Å². The highest BCUT2D eigenvalue weighted by Gasteiger charge is 2.31. The molecule has 0 spiro atoms. The minimum absolute atomic E-state index is 0.156. The number of hydrogen-bond acceptors (Lipinski definition) is 6. The molecule has 1 aromatic heterocycles. The highest BCUT2D eigenvalue weighted by molar-refractivity contribution is 7.10. The van der Waals surface area contributed by atoms with E-state index in [1.165, 1.54) is 30.4 Å². The number of carbonyl (C=O) groups excluding carboxylic acids is 3. The quantitative estimate of drug-likeness (QED) is 0.626. The van der Waals surface area contributed by atoms with Crippen LogP contribution >= 0.6 is 11.3 Å². The molecule has 0 aliphatic rings. The van der Waals surface area contributed by atoms with Gasteiger partial charge < -0.3 is 20.1 Å². The van der Waals surface area contributed by atoms with Crippen LogP contribution in [0.1, 0.15) is 24.3 Å². The molecular weight excluding hydrogens is 413 g/mol. The molecule has 0 aliphatic heterocycles. The Hall–Kier alpha value is -3.08. The Morgan fingerprint density at radius 2 is 1.83 bits per heavy atom. The third-order valence-electron chi connectivity index (χ3n) is 3.37. The van der Waals surface area contributed by atoms with Gasteiger partial charge in [0.05, 0.1) is 12.5 Å². The zero-order valence-corrected chi connectivity index (χ0v) is 15.9. The molecule has 11 heteroatoms. The molecule has 0 bridgehead atoms. The van der Waals surface area contributed by atoms with E-state index in [2.05, 4.69) is 15.4 Å². The maximum Gasteiger partial charge on any atom is 0.573 e. The van der Waals surface area contributed by atoms with Crippen LogP contribution in [0.4, 0.5) is 18.9 Å². The van der Waals surface area contributed by atoms with Gasteiger partial charge in [-0.3, -0.25) is 14.4 Å². The first-order valence-corrected chi connectivity index (χ1v) is 9.12. The highest BCUT2D eigenvalue weighted by atomic mass is 32.1. The molecule has 0 aliphatic carbocycles. The number of hydrogen-bond donors (Lipinski definition) is 2. The first-order chi connectivity index (χ1) is 13.6. The van der Waals surface area contributed by atoms with Crippen LogP contribution in [-0.2, 0) is 19.1 Å². The van der Waals surface area contributed by atoms with E-state index < -0.39 is 36.6 Å². The molecule has 1 unspecified atom stereocenters. The first kappa shape index (κ1) is 22.2. The van der Waals surface area contributed by atoms with Crippen LogP contribution in [0.15, 0.2) is 41.8 Å². The van der Waals surface area contributed by atoms with E-state index in [-0.39, 0.29) is 18.0 Å². The van der Waals surface area contributed by atoms with Gasteiger partial charge in [0.25, 0.3) is 5.91 Å². The summed E-state index contributed by atoms with van der Waals surface area (Å²) >= 11 is 1.36. The SMILES string of the molecule is CC(=O)NC(CC(=O)OCC(=O)Nc1ccc(OC(F)(F)F)cc1)c1cccs1. The van der Waals surface area contributed by atoms with Gasteiger partial charge in [-0.1, -0.05) is 6.07 Å². The molecule has 1 aromatic carbocycles. The predicted octanol–water partition coefficient (Wildman–Crippen LogP) is 3.40. The van der Waals surface area contributed by atoms with Crippen molar-refractivity contribution in [3.05, 3.63) is 46.7 Å². The van der Waals surface area contributed by atoms with Gasteiger partial charge in [0.1, 0.15) is 5.75 Å². The number of esters is 1. The second kappa shape index (κ2) is 9.92. The second-order valence-corrected chi connectivity index (χ2v) is 6.73. The van der Waals surface area contributed by atoms with E-state index in [0.717, 1.165) is 17.0 Å². The highest BCUT2D eigenvalue weighted by Crippen LogP contribution is 2.24. The fourth-order valence-corrected chi connectivity index (χ4v) is 3.04. The first-order valence-electron chi connectivity index (χ1n) is 8.24. The van der Waals surface area contributed by atoms with Crippen molar-refractivity contribution in [1.29, 1.82) is 0 Å². The summed E-state index contributed by atoms with van der Waals surface area (Å²) in [6.07, 6.45) is -4.96. The van der Waals surface area contributed by atoms with Crippen LogP contribution in [0, 0.1) is 0 Å². The monoisotopic (exact) mass is 430 g/mol. The van der Waals surface area contributed by atoms with Crippen molar-refractivity contribution in [3.63, 3.8) is 0 Å². The lowest BCUT2D eigenvalue weighted by Gasteiger charge is -2.15. The minimum Gasteiger partial charge on any atom is -0.455 e. The molecule has 0 fully saturated rings. The van der Waals surface area contributed by atoms with Crippen molar-refractivity contribution >= 4 is 34.8 Å². The minimum atomic E-state index is -4.81. The zero-order valence-electron chi connectivity index (χ0n) is 15.1. The average Bonchev–Trinajstić information content (AvgIpc) is 3.14. The molecule has 2 rings (SSSR count). The number of anilines is 1. The van der Waals surface area contributed by atoms with Gasteiger partial charge in [-0.25, -0.2) is 0 Å². The molecule has 0 saturated heterocycles. The van der Waals surface area contributed by atoms with E-state index in [4.69, 9.17) is 4.74 Å². The Morgan fingerprint density at radius 1 is 1.14 bits per heavy atom. The van der Waals surface area contributed by atoms with Gasteiger partial charge in [0, 0.05) is 17.5 Å². The van der Waals surface area contributed by atoms with Gasteiger partial charge in [-0.15, -0.1) is 24.5 Å². The van der Waals surface area contributed by atoms with Crippen LogP contribution in [0.5, 0.6) is 5.75 Å². The van der Waals surface area contributed by atoms with Crippen molar-refractivity contribution in [2.75, 3.05) is 11.9 Å². The Labute approximate surface area is 167 Å². The summed E-state index contributed by atoms with van der Waals surface area (Å²) in [5, 5.41) is 6.82. The van der Waals surface area contributed by atoms with Crippen molar-refractivity contribution < 1.29 is 37.0 Å². The number of halogens is 3. The molecule has 156 valence electrons. The average molecular weight is 430 g/mol.